The van der Waals surface area contributed by atoms with Gasteiger partial charge in [-0.15, -0.1) is 0 Å². The Morgan fingerprint density at radius 2 is 2.10 bits per heavy atom. The molecule has 0 rings (SSSR count). The van der Waals surface area contributed by atoms with Gasteiger partial charge >= 0.3 is 0 Å². The zero-order chi connectivity index (χ0) is 7.82. The molecule has 0 aliphatic heterocycles. The zero-order valence-electron chi connectivity index (χ0n) is 7.17. The summed E-state index contributed by atoms with van der Waals surface area (Å²) in [5, 5.41) is 0. The Kier molecular flexibility index (Phi) is 6.14. The van der Waals surface area contributed by atoms with E-state index < -0.39 is 0 Å². The second-order valence-corrected chi connectivity index (χ2v) is 2.47. The smallest absolute Gasteiger partial charge is 0.0226 e. The molecule has 10 heavy (non-hydrogen) atoms. The molecule has 0 aromatic rings. The van der Waals surface area contributed by atoms with Gasteiger partial charge in [0.15, 0.2) is 0 Å². The van der Waals surface area contributed by atoms with E-state index in [4.69, 9.17) is 0 Å². The molecule has 0 saturated carbocycles. The van der Waals surface area contributed by atoms with E-state index in [0.29, 0.717) is 5.92 Å². The first-order valence-corrected chi connectivity index (χ1v) is 3.99. The van der Waals surface area contributed by atoms with Crippen LogP contribution in [0.3, 0.4) is 0 Å². The Morgan fingerprint density at radius 3 is 2.60 bits per heavy atom. The summed E-state index contributed by atoms with van der Waals surface area (Å²) < 4.78 is 0. The highest BCUT2D eigenvalue weighted by Gasteiger charge is 1.87. The highest BCUT2D eigenvalue weighted by Crippen LogP contribution is 2.01. The standard InChI is InChI=1S/C9H17N/c1-4-7-10-8-6-9(3)5-2/h6-9H,4-5H2,1-3H3/b8-6+,10-7?. The summed E-state index contributed by atoms with van der Waals surface area (Å²) in [6.07, 6.45) is 8.14. The first-order chi connectivity index (χ1) is 4.81. The monoisotopic (exact) mass is 139 g/mol. The average Bonchev–Trinajstić information content (AvgIpc) is 1.98. The summed E-state index contributed by atoms with van der Waals surface area (Å²) in [6.45, 7) is 6.46. The van der Waals surface area contributed by atoms with Crippen LogP contribution in [0.15, 0.2) is 17.3 Å². The van der Waals surface area contributed by atoms with Crippen LogP contribution in [0, 0.1) is 5.92 Å². The number of nitrogens with zero attached hydrogens (tertiary/aromatic N) is 1. The first kappa shape index (κ1) is 9.41. The van der Waals surface area contributed by atoms with Crippen molar-refractivity contribution < 1.29 is 0 Å². The molecule has 0 fully saturated rings. The summed E-state index contributed by atoms with van der Waals surface area (Å²) in [5.41, 5.74) is 0. The van der Waals surface area contributed by atoms with Gasteiger partial charge in [-0.25, -0.2) is 0 Å². The van der Waals surface area contributed by atoms with Crippen LogP contribution in [0.25, 0.3) is 0 Å². The van der Waals surface area contributed by atoms with Crippen molar-refractivity contribution in [2.24, 2.45) is 10.9 Å². The molecule has 0 aliphatic carbocycles. The number of hydrogen-bond donors (Lipinski definition) is 0. The number of hydrogen-bond acceptors (Lipinski definition) is 1. The molecule has 0 saturated heterocycles. The number of allylic oxidation sites excluding steroid dienone is 1. The van der Waals surface area contributed by atoms with Crippen molar-refractivity contribution in [2.45, 2.75) is 33.6 Å². The van der Waals surface area contributed by atoms with Gasteiger partial charge in [0.1, 0.15) is 0 Å². The predicted octanol–water partition coefficient (Wildman–Crippen LogP) is 3.03. The first-order valence-electron chi connectivity index (χ1n) is 3.99. The molecule has 0 radical (unpaired) electrons. The second-order valence-electron chi connectivity index (χ2n) is 2.47. The molecule has 0 spiro atoms. The Bertz CT molecular complexity index is 114. The van der Waals surface area contributed by atoms with E-state index in [1.165, 1.54) is 6.42 Å². The third kappa shape index (κ3) is 5.54. The maximum Gasteiger partial charge on any atom is 0.0226 e. The number of rotatable bonds is 4. The largest absolute Gasteiger partial charge is 0.269 e. The number of aliphatic imine (C=N–C) groups is 1. The third-order valence-electron chi connectivity index (χ3n) is 1.43. The maximum atomic E-state index is 4.07. The molecule has 0 aliphatic rings. The molecule has 0 aromatic heterocycles. The van der Waals surface area contributed by atoms with Crippen molar-refractivity contribution in [2.75, 3.05) is 0 Å². The Balaban J connectivity index is 3.44. The van der Waals surface area contributed by atoms with Gasteiger partial charge in [-0.1, -0.05) is 33.3 Å². The maximum absolute atomic E-state index is 4.07. The molecule has 1 nitrogen and oxygen atoms in total. The van der Waals surface area contributed by atoms with Crippen molar-refractivity contribution >= 4 is 6.21 Å². The molecule has 0 bridgehead atoms. The fraction of sp³-hybridized carbons (Fsp3) is 0.667. The minimum atomic E-state index is 0.661. The summed E-state index contributed by atoms with van der Waals surface area (Å²) >= 11 is 0. The molecule has 1 atom stereocenters. The minimum Gasteiger partial charge on any atom is -0.269 e. The van der Waals surface area contributed by atoms with Gasteiger partial charge in [0, 0.05) is 12.4 Å². The van der Waals surface area contributed by atoms with Crippen LogP contribution in [0.1, 0.15) is 33.6 Å². The molecule has 0 aromatic carbocycles. The van der Waals surface area contributed by atoms with Gasteiger partial charge in [-0.05, 0) is 12.3 Å². The van der Waals surface area contributed by atoms with Crippen molar-refractivity contribution in [1.29, 1.82) is 0 Å². The van der Waals surface area contributed by atoms with E-state index in [1.54, 1.807) is 0 Å². The summed E-state index contributed by atoms with van der Waals surface area (Å²) in [4.78, 5) is 4.07. The topological polar surface area (TPSA) is 12.4 Å². The fourth-order valence-electron chi connectivity index (χ4n) is 0.499. The lowest BCUT2D eigenvalue weighted by Gasteiger charge is -1.95. The van der Waals surface area contributed by atoms with E-state index in [1.807, 2.05) is 12.4 Å². The van der Waals surface area contributed by atoms with Crippen LogP contribution in [-0.2, 0) is 0 Å². The lowest BCUT2D eigenvalue weighted by Crippen LogP contribution is -1.82. The lowest BCUT2D eigenvalue weighted by atomic mass is 10.1. The molecule has 58 valence electrons. The van der Waals surface area contributed by atoms with Crippen LogP contribution >= 0.6 is 0 Å². The SMILES string of the molecule is CCC=N/C=C/C(C)CC. The quantitative estimate of drug-likeness (QED) is 0.531. The van der Waals surface area contributed by atoms with E-state index in [9.17, 15) is 0 Å². The van der Waals surface area contributed by atoms with E-state index in [-0.39, 0.29) is 0 Å². The van der Waals surface area contributed by atoms with Gasteiger partial charge in [0.05, 0.1) is 0 Å². The van der Waals surface area contributed by atoms with Gasteiger partial charge < -0.3 is 0 Å². The molecule has 1 unspecified atom stereocenters. The second kappa shape index (κ2) is 6.53. The summed E-state index contributed by atoms with van der Waals surface area (Å²) in [7, 11) is 0. The minimum absolute atomic E-state index is 0.661. The van der Waals surface area contributed by atoms with Crippen molar-refractivity contribution in [3.63, 3.8) is 0 Å². The highest BCUT2D eigenvalue weighted by atomic mass is 14.7. The van der Waals surface area contributed by atoms with Crippen LogP contribution in [0.4, 0.5) is 0 Å². The van der Waals surface area contributed by atoms with Gasteiger partial charge in [-0.3, -0.25) is 4.99 Å². The summed E-state index contributed by atoms with van der Waals surface area (Å²) in [5.74, 6) is 0.661. The van der Waals surface area contributed by atoms with Crippen LogP contribution in [-0.4, -0.2) is 6.21 Å². The van der Waals surface area contributed by atoms with Crippen LogP contribution in [0.5, 0.6) is 0 Å². The zero-order valence-corrected chi connectivity index (χ0v) is 7.17. The van der Waals surface area contributed by atoms with Crippen molar-refractivity contribution in [3.8, 4) is 0 Å². The predicted molar refractivity (Wildman–Crippen MR) is 47.4 cm³/mol. The Morgan fingerprint density at radius 1 is 1.40 bits per heavy atom. The van der Waals surface area contributed by atoms with Gasteiger partial charge in [0.25, 0.3) is 0 Å². The van der Waals surface area contributed by atoms with Gasteiger partial charge in [-0.2, -0.15) is 0 Å². The molecule has 1 heteroatoms. The molecule has 0 heterocycles. The van der Waals surface area contributed by atoms with Crippen molar-refractivity contribution in [1.82, 2.24) is 0 Å². The van der Waals surface area contributed by atoms with Crippen LogP contribution in [0.2, 0.25) is 0 Å². The normalized spacial score (nSPS) is 15.1. The average molecular weight is 139 g/mol. The molecule has 0 amide bonds. The highest BCUT2D eigenvalue weighted by molar-refractivity contribution is 5.57. The molecular weight excluding hydrogens is 122 g/mol. The Hall–Kier alpha value is -0.590. The van der Waals surface area contributed by atoms with Crippen LogP contribution < -0.4 is 0 Å². The van der Waals surface area contributed by atoms with E-state index >= 15 is 0 Å². The van der Waals surface area contributed by atoms with Gasteiger partial charge in [0.2, 0.25) is 0 Å². The molecular formula is C9H17N. The fourth-order valence-corrected chi connectivity index (χ4v) is 0.499. The Labute approximate surface area is 63.9 Å². The summed E-state index contributed by atoms with van der Waals surface area (Å²) in [6, 6.07) is 0. The van der Waals surface area contributed by atoms with E-state index in [2.05, 4.69) is 31.8 Å². The molecule has 0 N–H and O–H groups in total. The van der Waals surface area contributed by atoms with E-state index in [0.717, 1.165) is 6.42 Å². The third-order valence-corrected chi connectivity index (χ3v) is 1.43. The lowest BCUT2D eigenvalue weighted by molar-refractivity contribution is 0.697. The van der Waals surface area contributed by atoms with Crippen molar-refractivity contribution in [3.05, 3.63) is 12.3 Å².